The average molecular weight is 231 g/mol. The molecule has 1 heteroatoms. The van der Waals surface area contributed by atoms with Gasteiger partial charge in [0, 0.05) is 6.04 Å². The summed E-state index contributed by atoms with van der Waals surface area (Å²) in [5.74, 6) is 0.754. The van der Waals surface area contributed by atoms with Crippen molar-refractivity contribution in [3.8, 4) is 0 Å². The van der Waals surface area contributed by atoms with Crippen molar-refractivity contribution in [2.24, 2.45) is 5.92 Å². The van der Waals surface area contributed by atoms with Crippen LogP contribution in [-0.4, -0.2) is 6.54 Å². The summed E-state index contributed by atoms with van der Waals surface area (Å²) in [4.78, 5) is 0. The van der Waals surface area contributed by atoms with E-state index in [1.807, 2.05) is 0 Å². The number of hydrogen-bond donors (Lipinski definition) is 1. The molecule has 2 atom stereocenters. The zero-order chi connectivity index (χ0) is 12.5. The average Bonchev–Trinajstić information content (AvgIpc) is 2.29. The van der Waals surface area contributed by atoms with Gasteiger partial charge in [-0.3, -0.25) is 0 Å². The van der Waals surface area contributed by atoms with Gasteiger partial charge in [0.1, 0.15) is 0 Å². The van der Waals surface area contributed by atoms with Crippen LogP contribution < -0.4 is 5.32 Å². The van der Waals surface area contributed by atoms with E-state index < -0.39 is 0 Å². The summed E-state index contributed by atoms with van der Waals surface area (Å²) in [5, 5.41) is 3.64. The van der Waals surface area contributed by atoms with Gasteiger partial charge in [-0.2, -0.15) is 0 Å². The van der Waals surface area contributed by atoms with E-state index in [4.69, 9.17) is 0 Å². The minimum atomic E-state index is 0.254. The van der Waals surface area contributed by atoms with E-state index >= 15 is 0 Å². The predicted molar refractivity (Wildman–Crippen MR) is 74.3 cm³/mol. The van der Waals surface area contributed by atoms with Crippen LogP contribution in [0.1, 0.15) is 57.7 Å². The highest BCUT2D eigenvalue weighted by atomic mass is 14.9. The van der Waals surface area contributed by atoms with Gasteiger partial charge in [0.15, 0.2) is 0 Å². The number of hydrogen-bond acceptors (Lipinski definition) is 1. The Balaban J connectivity index is 2.17. The van der Waals surface area contributed by atoms with Crippen molar-refractivity contribution < 1.29 is 0 Å². The minimum absolute atomic E-state index is 0.254. The molecular weight excluding hydrogens is 206 g/mol. The molecule has 1 aliphatic rings. The highest BCUT2D eigenvalue weighted by Crippen LogP contribution is 2.30. The number of benzene rings is 1. The third-order valence-electron chi connectivity index (χ3n) is 3.91. The van der Waals surface area contributed by atoms with Gasteiger partial charge in [0.2, 0.25) is 0 Å². The highest BCUT2D eigenvalue weighted by molar-refractivity contribution is 5.29. The Morgan fingerprint density at radius 2 is 1.76 bits per heavy atom. The van der Waals surface area contributed by atoms with Crippen LogP contribution in [0.2, 0.25) is 0 Å². The molecule has 1 aliphatic heterocycles. The summed E-state index contributed by atoms with van der Waals surface area (Å²) in [7, 11) is 0. The molecule has 1 N–H and O–H groups in total. The molecule has 17 heavy (non-hydrogen) atoms. The smallest absolute Gasteiger partial charge is 0.0346 e. The van der Waals surface area contributed by atoms with E-state index in [0.717, 1.165) is 12.5 Å². The van der Waals surface area contributed by atoms with Crippen LogP contribution in [0.15, 0.2) is 24.3 Å². The molecule has 0 amide bonds. The van der Waals surface area contributed by atoms with Gasteiger partial charge in [0.05, 0.1) is 0 Å². The van der Waals surface area contributed by atoms with Crippen molar-refractivity contribution in [3.63, 3.8) is 0 Å². The first-order chi connectivity index (χ1) is 7.98. The fourth-order valence-electron chi connectivity index (χ4n) is 2.69. The molecule has 0 aromatic heterocycles. The monoisotopic (exact) mass is 231 g/mol. The van der Waals surface area contributed by atoms with Crippen molar-refractivity contribution in [2.45, 2.75) is 52.0 Å². The van der Waals surface area contributed by atoms with Crippen molar-refractivity contribution in [2.75, 3.05) is 6.54 Å². The molecule has 1 fully saturated rings. The molecule has 0 radical (unpaired) electrons. The van der Waals surface area contributed by atoms with E-state index in [9.17, 15) is 0 Å². The summed E-state index contributed by atoms with van der Waals surface area (Å²) in [6.07, 6.45) is 2.66. The fourth-order valence-corrected chi connectivity index (χ4v) is 2.69. The Morgan fingerprint density at radius 1 is 1.12 bits per heavy atom. The van der Waals surface area contributed by atoms with E-state index in [-0.39, 0.29) is 5.41 Å². The second-order valence-electron chi connectivity index (χ2n) is 6.42. The lowest BCUT2D eigenvalue weighted by molar-refractivity contribution is 0.306. The van der Waals surface area contributed by atoms with Crippen molar-refractivity contribution in [1.29, 1.82) is 0 Å². The molecule has 0 saturated carbocycles. The van der Waals surface area contributed by atoms with E-state index in [0.29, 0.717) is 6.04 Å². The van der Waals surface area contributed by atoms with Crippen LogP contribution in [0.5, 0.6) is 0 Å². The topological polar surface area (TPSA) is 12.0 Å². The summed E-state index contributed by atoms with van der Waals surface area (Å²) in [6.45, 7) is 10.3. The molecule has 0 bridgehead atoms. The zero-order valence-electron chi connectivity index (χ0n) is 11.6. The van der Waals surface area contributed by atoms with E-state index in [1.54, 1.807) is 0 Å². The largest absolute Gasteiger partial charge is 0.310 e. The molecule has 1 saturated heterocycles. The Morgan fingerprint density at radius 3 is 2.29 bits per heavy atom. The second kappa shape index (κ2) is 4.81. The predicted octanol–water partition coefficient (Wildman–Crippen LogP) is 4.04. The van der Waals surface area contributed by atoms with Gasteiger partial charge < -0.3 is 5.32 Å². The molecule has 2 unspecified atom stereocenters. The molecule has 1 aromatic carbocycles. The van der Waals surface area contributed by atoms with Gasteiger partial charge in [-0.25, -0.2) is 0 Å². The van der Waals surface area contributed by atoms with Crippen LogP contribution >= 0.6 is 0 Å². The quantitative estimate of drug-likeness (QED) is 0.769. The van der Waals surface area contributed by atoms with E-state index in [2.05, 4.69) is 57.3 Å². The molecule has 1 nitrogen and oxygen atoms in total. The zero-order valence-corrected chi connectivity index (χ0v) is 11.6. The van der Waals surface area contributed by atoms with Gasteiger partial charge in [0.25, 0.3) is 0 Å². The van der Waals surface area contributed by atoms with Crippen LogP contribution in [-0.2, 0) is 5.41 Å². The maximum Gasteiger partial charge on any atom is 0.0346 e. The van der Waals surface area contributed by atoms with Gasteiger partial charge >= 0.3 is 0 Å². The van der Waals surface area contributed by atoms with Crippen LogP contribution in [0.3, 0.4) is 0 Å². The fraction of sp³-hybridized carbons (Fsp3) is 0.625. The number of piperidine rings is 1. The van der Waals surface area contributed by atoms with Crippen molar-refractivity contribution in [3.05, 3.63) is 35.4 Å². The van der Waals surface area contributed by atoms with Crippen LogP contribution in [0.4, 0.5) is 0 Å². The SMILES string of the molecule is CC1CCCNC1c1ccc(C(C)(C)C)cc1. The lowest BCUT2D eigenvalue weighted by Gasteiger charge is -2.31. The summed E-state index contributed by atoms with van der Waals surface area (Å²) >= 11 is 0. The summed E-state index contributed by atoms with van der Waals surface area (Å²) in [5.41, 5.74) is 3.12. The van der Waals surface area contributed by atoms with Gasteiger partial charge in [-0.05, 0) is 41.8 Å². The molecule has 0 spiro atoms. The summed E-state index contributed by atoms with van der Waals surface area (Å²) in [6, 6.07) is 9.74. The van der Waals surface area contributed by atoms with Gasteiger partial charge in [-0.15, -0.1) is 0 Å². The van der Waals surface area contributed by atoms with Crippen molar-refractivity contribution >= 4 is 0 Å². The first kappa shape index (κ1) is 12.6. The lowest BCUT2D eigenvalue weighted by atomic mass is 9.84. The maximum atomic E-state index is 3.64. The number of nitrogens with one attached hydrogen (secondary N) is 1. The van der Waals surface area contributed by atoms with Crippen LogP contribution in [0.25, 0.3) is 0 Å². The standard InChI is InChI=1S/C16H25N/c1-12-6-5-11-17-15(12)13-7-9-14(10-8-13)16(2,3)4/h7-10,12,15,17H,5-6,11H2,1-4H3. The molecule has 94 valence electrons. The summed E-state index contributed by atoms with van der Waals surface area (Å²) < 4.78 is 0. The second-order valence-corrected chi connectivity index (χ2v) is 6.42. The van der Waals surface area contributed by atoms with Gasteiger partial charge in [-0.1, -0.05) is 52.0 Å². The minimum Gasteiger partial charge on any atom is -0.310 e. The first-order valence-corrected chi connectivity index (χ1v) is 6.82. The Hall–Kier alpha value is -0.820. The Bertz CT molecular complexity index is 358. The van der Waals surface area contributed by atoms with Crippen LogP contribution in [0, 0.1) is 5.92 Å². The Labute approximate surface area is 106 Å². The first-order valence-electron chi connectivity index (χ1n) is 6.82. The third kappa shape index (κ3) is 2.90. The molecular formula is C16H25N. The third-order valence-corrected chi connectivity index (χ3v) is 3.91. The molecule has 1 heterocycles. The van der Waals surface area contributed by atoms with E-state index in [1.165, 1.54) is 24.0 Å². The maximum absolute atomic E-state index is 3.64. The molecule has 0 aliphatic carbocycles. The molecule has 2 rings (SSSR count). The van der Waals surface area contributed by atoms with Crippen molar-refractivity contribution in [1.82, 2.24) is 5.32 Å². The normalized spacial score (nSPS) is 25.9. The number of rotatable bonds is 1. The highest BCUT2D eigenvalue weighted by Gasteiger charge is 2.22. The Kier molecular flexibility index (Phi) is 3.58. The molecule has 1 aromatic rings. The lowest BCUT2D eigenvalue weighted by Crippen LogP contribution is -2.32.